The molecule has 0 radical (unpaired) electrons. The summed E-state index contributed by atoms with van der Waals surface area (Å²) in [7, 11) is 1.64. The van der Waals surface area contributed by atoms with Gasteiger partial charge in [-0.15, -0.1) is 0 Å². The van der Waals surface area contributed by atoms with Gasteiger partial charge in [-0.1, -0.05) is 11.6 Å². The highest BCUT2D eigenvalue weighted by Gasteiger charge is 2.32. The summed E-state index contributed by atoms with van der Waals surface area (Å²) >= 11 is 6.31. The third-order valence-corrected chi connectivity index (χ3v) is 5.32. The molecule has 0 aliphatic carbocycles. The number of pyridine rings is 2. The molecule has 8 nitrogen and oxygen atoms in total. The van der Waals surface area contributed by atoms with Gasteiger partial charge in [0.25, 0.3) is 0 Å². The smallest absolute Gasteiger partial charge is 0.413 e. The Bertz CT molecular complexity index is 961. The highest BCUT2D eigenvalue weighted by molar-refractivity contribution is 6.33. The van der Waals surface area contributed by atoms with E-state index in [9.17, 15) is 9.18 Å². The Labute approximate surface area is 191 Å². The second kappa shape index (κ2) is 9.97. The number of hydrogen-bond acceptors (Lipinski definition) is 7. The van der Waals surface area contributed by atoms with Crippen LogP contribution < -0.4 is 10.6 Å². The fourth-order valence-corrected chi connectivity index (χ4v) is 3.47. The predicted molar refractivity (Wildman–Crippen MR) is 121 cm³/mol. The lowest BCUT2D eigenvalue weighted by molar-refractivity contribution is -0.0807. The van der Waals surface area contributed by atoms with E-state index in [2.05, 4.69) is 20.6 Å². The lowest BCUT2D eigenvalue weighted by atomic mass is 9.94. The number of ether oxygens (including phenoxy) is 3. The lowest BCUT2D eigenvalue weighted by Gasteiger charge is -2.36. The molecule has 2 aromatic heterocycles. The number of hydrogen-bond donors (Lipinski definition) is 2. The molecule has 3 heterocycles. The molecule has 10 heteroatoms. The minimum absolute atomic E-state index is 0.0833. The first-order valence-electron chi connectivity index (χ1n) is 10.3. The number of halogens is 2. The summed E-state index contributed by atoms with van der Waals surface area (Å²) in [4.78, 5) is 20.6. The summed E-state index contributed by atoms with van der Waals surface area (Å²) in [5.74, 6) is -0.177. The first-order valence-corrected chi connectivity index (χ1v) is 10.7. The SMILES string of the molecule is COC1(CNc2nc(-c3cc(NC(=O)OC(C)(C)C)ncc3Cl)ccc2F)CCOCC1. The minimum atomic E-state index is -0.650. The molecule has 1 saturated heterocycles. The van der Waals surface area contributed by atoms with Gasteiger partial charge in [-0.2, -0.15) is 0 Å². The zero-order chi connectivity index (χ0) is 23.4. The number of rotatable bonds is 6. The largest absolute Gasteiger partial charge is 0.444 e. The Morgan fingerprint density at radius 1 is 1.31 bits per heavy atom. The van der Waals surface area contributed by atoms with Gasteiger partial charge in [0.2, 0.25) is 0 Å². The molecule has 0 atom stereocenters. The number of methoxy groups -OCH3 is 1. The van der Waals surface area contributed by atoms with Crippen LogP contribution in [0.2, 0.25) is 5.02 Å². The van der Waals surface area contributed by atoms with Crippen molar-refractivity contribution in [3.8, 4) is 11.3 Å². The van der Waals surface area contributed by atoms with E-state index in [4.69, 9.17) is 25.8 Å². The molecule has 1 aliphatic rings. The molecule has 0 saturated carbocycles. The van der Waals surface area contributed by atoms with Gasteiger partial charge in [0.15, 0.2) is 11.6 Å². The topological polar surface area (TPSA) is 94.6 Å². The zero-order valence-corrected chi connectivity index (χ0v) is 19.4. The first kappa shape index (κ1) is 24.2. The summed E-state index contributed by atoms with van der Waals surface area (Å²) < 4.78 is 30.8. The molecule has 174 valence electrons. The van der Waals surface area contributed by atoms with Gasteiger partial charge in [-0.05, 0) is 39.0 Å². The van der Waals surface area contributed by atoms with Crippen molar-refractivity contribution in [2.45, 2.75) is 44.8 Å². The second-order valence-corrected chi connectivity index (χ2v) is 8.96. The van der Waals surface area contributed by atoms with Crippen molar-refractivity contribution in [1.82, 2.24) is 9.97 Å². The van der Waals surface area contributed by atoms with Crippen LogP contribution in [0.15, 0.2) is 24.4 Å². The number of nitrogens with one attached hydrogen (secondary N) is 2. The Morgan fingerprint density at radius 3 is 2.69 bits per heavy atom. The van der Waals surface area contributed by atoms with Crippen molar-refractivity contribution in [2.75, 3.05) is 37.5 Å². The Kier molecular flexibility index (Phi) is 7.53. The van der Waals surface area contributed by atoms with Gasteiger partial charge in [-0.3, -0.25) is 5.32 Å². The standard InChI is InChI=1S/C22H28ClFN4O4/c1-21(2,3)32-20(29)28-18-11-14(15(23)12-25-18)17-6-5-16(24)19(27-17)26-13-22(30-4)7-9-31-10-8-22/h5-6,11-12H,7-10,13H2,1-4H3,(H,26,27)(H,25,28,29). The van der Waals surface area contributed by atoms with E-state index in [0.717, 1.165) is 0 Å². The van der Waals surface area contributed by atoms with Crippen LogP contribution in [0.4, 0.5) is 20.8 Å². The van der Waals surface area contributed by atoms with E-state index in [0.29, 0.717) is 48.9 Å². The molecule has 3 rings (SSSR count). The molecule has 0 unspecified atom stereocenters. The molecule has 0 aromatic carbocycles. The summed E-state index contributed by atoms with van der Waals surface area (Å²) in [6.07, 6.45) is 2.15. The van der Waals surface area contributed by atoms with E-state index in [1.807, 2.05) is 0 Å². The highest BCUT2D eigenvalue weighted by Crippen LogP contribution is 2.31. The average Bonchev–Trinajstić information content (AvgIpc) is 2.74. The van der Waals surface area contributed by atoms with Crippen LogP contribution in [0.3, 0.4) is 0 Å². The molecule has 1 fully saturated rings. The maximum Gasteiger partial charge on any atom is 0.413 e. The fraction of sp³-hybridized carbons (Fsp3) is 0.500. The first-order chi connectivity index (χ1) is 15.1. The van der Waals surface area contributed by atoms with E-state index in [-0.39, 0.29) is 11.6 Å². The van der Waals surface area contributed by atoms with Crippen LogP contribution in [0.25, 0.3) is 11.3 Å². The molecule has 2 N–H and O–H groups in total. The summed E-state index contributed by atoms with van der Waals surface area (Å²) in [6, 6.07) is 4.39. The maximum absolute atomic E-state index is 14.5. The maximum atomic E-state index is 14.5. The van der Waals surface area contributed by atoms with Crippen LogP contribution in [-0.4, -0.2) is 54.1 Å². The van der Waals surface area contributed by atoms with Gasteiger partial charge in [-0.25, -0.2) is 19.2 Å². The highest BCUT2D eigenvalue weighted by atomic mass is 35.5. The Morgan fingerprint density at radius 2 is 2.03 bits per heavy atom. The predicted octanol–water partition coefficient (Wildman–Crippen LogP) is 4.89. The number of anilines is 2. The molecule has 1 amide bonds. The van der Waals surface area contributed by atoms with Crippen LogP contribution >= 0.6 is 11.6 Å². The Balaban J connectivity index is 1.80. The number of carbonyl (C=O) groups excluding carboxylic acids is 1. The van der Waals surface area contributed by atoms with E-state index in [1.54, 1.807) is 33.9 Å². The quantitative estimate of drug-likeness (QED) is 0.625. The van der Waals surface area contributed by atoms with Crippen molar-refractivity contribution in [3.05, 3.63) is 35.2 Å². The monoisotopic (exact) mass is 466 g/mol. The number of carbonyl (C=O) groups is 1. The average molecular weight is 467 g/mol. The Hall–Kier alpha value is -2.49. The van der Waals surface area contributed by atoms with Crippen LogP contribution in [0, 0.1) is 5.82 Å². The van der Waals surface area contributed by atoms with Crippen molar-refractivity contribution < 1.29 is 23.4 Å². The lowest BCUT2D eigenvalue weighted by Crippen LogP contribution is -2.44. The van der Waals surface area contributed by atoms with Crippen molar-refractivity contribution in [2.24, 2.45) is 0 Å². The van der Waals surface area contributed by atoms with E-state index in [1.165, 1.54) is 18.3 Å². The van der Waals surface area contributed by atoms with Crippen LogP contribution in [0.1, 0.15) is 33.6 Å². The molecule has 32 heavy (non-hydrogen) atoms. The zero-order valence-electron chi connectivity index (χ0n) is 18.6. The molecular formula is C22H28ClFN4O4. The number of nitrogens with zero attached hydrogens (tertiary/aromatic N) is 2. The molecule has 0 bridgehead atoms. The van der Waals surface area contributed by atoms with Crippen LogP contribution in [-0.2, 0) is 14.2 Å². The van der Waals surface area contributed by atoms with Crippen molar-refractivity contribution >= 4 is 29.3 Å². The summed E-state index contributed by atoms with van der Waals surface area (Å²) in [6.45, 7) is 6.85. The normalized spacial score (nSPS) is 15.8. The second-order valence-electron chi connectivity index (χ2n) is 8.56. The van der Waals surface area contributed by atoms with Gasteiger partial charge in [0.1, 0.15) is 11.4 Å². The van der Waals surface area contributed by atoms with Gasteiger partial charge < -0.3 is 19.5 Å². The number of amides is 1. The van der Waals surface area contributed by atoms with Crippen LogP contribution in [0.5, 0.6) is 0 Å². The van der Waals surface area contributed by atoms with Crippen molar-refractivity contribution in [3.63, 3.8) is 0 Å². The molecule has 1 aliphatic heterocycles. The van der Waals surface area contributed by atoms with Gasteiger partial charge in [0.05, 0.1) is 16.3 Å². The third-order valence-electron chi connectivity index (χ3n) is 5.02. The van der Waals surface area contributed by atoms with Crippen molar-refractivity contribution in [1.29, 1.82) is 0 Å². The number of aromatic nitrogens is 2. The summed E-state index contributed by atoms with van der Waals surface area (Å²) in [5, 5.41) is 5.94. The molecular weight excluding hydrogens is 439 g/mol. The summed E-state index contributed by atoms with van der Waals surface area (Å²) in [5.41, 5.74) is -0.181. The van der Waals surface area contributed by atoms with Gasteiger partial charge >= 0.3 is 6.09 Å². The fourth-order valence-electron chi connectivity index (χ4n) is 3.27. The van der Waals surface area contributed by atoms with Gasteiger partial charge in [0, 0.05) is 51.5 Å². The molecule has 2 aromatic rings. The van der Waals surface area contributed by atoms with E-state index >= 15 is 0 Å². The van der Waals surface area contributed by atoms with E-state index < -0.39 is 23.1 Å². The molecule has 0 spiro atoms. The minimum Gasteiger partial charge on any atom is -0.444 e. The third kappa shape index (κ3) is 6.27.